The normalized spacial score (nSPS) is 25.1. The molecule has 2 unspecified atom stereocenters. The fourth-order valence-corrected chi connectivity index (χ4v) is 5.08. The number of rotatable bonds is 8. The van der Waals surface area contributed by atoms with Crippen LogP contribution in [0, 0.1) is 0 Å². The van der Waals surface area contributed by atoms with Gasteiger partial charge in [-0.1, -0.05) is 23.9 Å². The van der Waals surface area contributed by atoms with Crippen molar-refractivity contribution < 1.29 is 19.2 Å². The maximum Gasteiger partial charge on any atom is 0.276 e. The van der Waals surface area contributed by atoms with E-state index in [-0.39, 0.29) is 28.8 Å². The summed E-state index contributed by atoms with van der Waals surface area (Å²) in [5.74, 6) is -0.0348. The Morgan fingerprint density at radius 1 is 1.47 bits per heavy atom. The smallest absolute Gasteiger partial charge is 0.276 e. The van der Waals surface area contributed by atoms with Crippen LogP contribution in [0.3, 0.4) is 0 Å². The summed E-state index contributed by atoms with van der Waals surface area (Å²) in [5, 5.41) is 11.0. The van der Waals surface area contributed by atoms with E-state index in [2.05, 4.69) is 27.4 Å². The van der Waals surface area contributed by atoms with Gasteiger partial charge in [-0.2, -0.15) is 0 Å². The Labute approximate surface area is 180 Å². The van der Waals surface area contributed by atoms with Crippen molar-refractivity contribution in [3.8, 4) is 0 Å². The summed E-state index contributed by atoms with van der Waals surface area (Å²) >= 11 is 2.72. The topological polar surface area (TPSA) is 113 Å². The van der Waals surface area contributed by atoms with Gasteiger partial charge in [0.05, 0.1) is 0 Å². The van der Waals surface area contributed by atoms with Gasteiger partial charge in [0.1, 0.15) is 23.2 Å². The van der Waals surface area contributed by atoms with Gasteiger partial charge in [-0.25, -0.2) is 4.98 Å². The lowest BCUT2D eigenvalue weighted by Gasteiger charge is -2.47. The Balaban J connectivity index is 1.50. The summed E-state index contributed by atoms with van der Waals surface area (Å²) < 4.78 is 0. The molecule has 1 fully saturated rings. The highest BCUT2D eigenvalue weighted by molar-refractivity contribution is 8.00. The van der Waals surface area contributed by atoms with E-state index in [1.54, 1.807) is 34.3 Å². The zero-order chi connectivity index (χ0) is 21.1. The number of nitrogens with one attached hydrogen (secondary N) is 2. The van der Waals surface area contributed by atoms with E-state index >= 15 is 0 Å². The second-order valence-corrected chi connectivity index (χ2v) is 8.66. The second-order valence-electron chi connectivity index (χ2n) is 6.70. The molecule has 3 atom stereocenters. The molecule has 1 aliphatic carbocycles. The number of oxime groups is 1. The first-order chi connectivity index (χ1) is 14.6. The van der Waals surface area contributed by atoms with Gasteiger partial charge in [0, 0.05) is 17.3 Å². The first-order valence-electron chi connectivity index (χ1n) is 9.25. The molecule has 1 aromatic rings. The van der Waals surface area contributed by atoms with E-state index in [4.69, 9.17) is 4.84 Å². The summed E-state index contributed by atoms with van der Waals surface area (Å²) in [6, 6.07) is -0.659. The third-order valence-electron chi connectivity index (χ3n) is 4.75. The number of amides is 3. The third kappa shape index (κ3) is 4.03. The number of β-lactam (4-membered cyclic amide) rings is 1. The van der Waals surface area contributed by atoms with E-state index in [9.17, 15) is 14.4 Å². The van der Waals surface area contributed by atoms with Crippen LogP contribution in [0.1, 0.15) is 18.5 Å². The molecule has 0 saturated carbocycles. The molecular formula is C19H19N5O4S2. The van der Waals surface area contributed by atoms with E-state index < -0.39 is 11.9 Å². The molecule has 2 N–H and O–H groups in total. The number of carbonyl (C=O) groups excluding carboxylic acids is 3. The van der Waals surface area contributed by atoms with E-state index in [0.717, 1.165) is 35.5 Å². The van der Waals surface area contributed by atoms with Crippen molar-refractivity contribution in [2.24, 2.45) is 5.16 Å². The number of aromatic nitrogens is 1. The number of nitrogens with zero attached hydrogens (tertiary/aromatic N) is 3. The molecule has 1 aromatic heterocycles. The minimum absolute atomic E-state index is 0.0418. The van der Waals surface area contributed by atoms with Gasteiger partial charge in [-0.3, -0.25) is 14.4 Å². The van der Waals surface area contributed by atoms with Crippen molar-refractivity contribution in [1.29, 1.82) is 0 Å². The minimum atomic E-state index is -0.659. The van der Waals surface area contributed by atoms with Crippen LogP contribution in [0.4, 0.5) is 5.13 Å². The van der Waals surface area contributed by atoms with Crippen LogP contribution < -0.4 is 10.6 Å². The average molecular weight is 446 g/mol. The van der Waals surface area contributed by atoms with Crippen molar-refractivity contribution in [2.45, 2.75) is 30.4 Å². The predicted octanol–water partition coefficient (Wildman–Crippen LogP) is 1.62. The van der Waals surface area contributed by atoms with Crippen LogP contribution in [-0.4, -0.2) is 57.1 Å². The maximum absolute atomic E-state index is 13.0. The van der Waals surface area contributed by atoms with Crippen LogP contribution in [0.25, 0.3) is 0 Å². The first kappa shape index (κ1) is 20.4. The predicted molar refractivity (Wildman–Crippen MR) is 115 cm³/mol. The van der Waals surface area contributed by atoms with Crippen LogP contribution >= 0.6 is 23.1 Å². The molecule has 30 heavy (non-hydrogen) atoms. The fraction of sp³-hybridized carbons (Fsp3) is 0.316. The van der Waals surface area contributed by atoms with Gasteiger partial charge in [-0.15, -0.1) is 23.1 Å². The molecule has 156 valence electrons. The number of fused-ring (bicyclic) bond motifs is 1. The Bertz CT molecular complexity index is 970. The maximum atomic E-state index is 13.0. The minimum Gasteiger partial charge on any atom is -0.388 e. The van der Waals surface area contributed by atoms with E-state index in [0.29, 0.717) is 11.5 Å². The molecule has 0 spiro atoms. The molecule has 11 heteroatoms. The van der Waals surface area contributed by atoms with E-state index in [1.165, 1.54) is 0 Å². The molecule has 3 heterocycles. The second kappa shape index (κ2) is 8.84. The molecule has 3 amide bonds. The standard InChI is InChI=1S/C19H19N5O4S2/c1-2-11-7-24-17(27)15(18(24)29-8-11)22-16(26)14(23-28-12-5-3-4-6-12)13-9-30-19(21-13)20-10-25/h2-3,5,7,9-10,12,15,18H,1,4,6,8H2,(H,22,26)(H,20,21,25)/t12?,15?,18-/m0/s1. The zero-order valence-electron chi connectivity index (χ0n) is 15.8. The van der Waals surface area contributed by atoms with E-state index in [1.807, 2.05) is 12.2 Å². The van der Waals surface area contributed by atoms with Crippen molar-refractivity contribution in [2.75, 3.05) is 11.1 Å². The highest BCUT2D eigenvalue weighted by Gasteiger charge is 2.49. The summed E-state index contributed by atoms with van der Waals surface area (Å²) in [5.41, 5.74) is 1.18. The molecule has 3 aliphatic rings. The largest absolute Gasteiger partial charge is 0.388 e. The van der Waals surface area contributed by atoms with Crippen LogP contribution in [0.5, 0.6) is 0 Å². The number of carbonyl (C=O) groups is 3. The van der Waals surface area contributed by atoms with Gasteiger partial charge in [0.15, 0.2) is 10.8 Å². The number of anilines is 1. The van der Waals surface area contributed by atoms with Crippen molar-refractivity contribution in [3.63, 3.8) is 0 Å². The lowest BCUT2D eigenvalue weighted by molar-refractivity contribution is -0.143. The molecule has 1 saturated heterocycles. The molecule has 0 radical (unpaired) electrons. The summed E-state index contributed by atoms with van der Waals surface area (Å²) in [4.78, 5) is 47.4. The zero-order valence-corrected chi connectivity index (χ0v) is 17.4. The third-order valence-corrected chi connectivity index (χ3v) is 6.86. The molecular weight excluding hydrogens is 426 g/mol. The molecule has 2 aliphatic heterocycles. The van der Waals surface area contributed by atoms with Gasteiger partial charge < -0.3 is 20.4 Å². The van der Waals surface area contributed by atoms with Crippen molar-refractivity contribution in [1.82, 2.24) is 15.2 Å². The van der Waals surface area contributed by atoms with Crippen LogP contribution in [-0.2, 0) is 19.2 Å². The van der Waals surface area contributed by atoms with Gasteiger partial charge in [0.2, 0.25) is 6.41 Å². The summed E-state index contributed by atoms with van der Waals surface area (Å²) in [6.45, 7) is 3.73. The lowest BCUT2D eigenvalue weighted by Crippen LogP contribution is -2.69. The average Bonchev–Trinajstić information content (AvgIpc) is 3.44. The SMILES string of the molecule is C=CC1=CN2C(=O)C(NC(=O)C(=NOC3C=CCC3)c3csc(NC=O)n3)[C@@H]2SC1. The van der Waals surface area contributed by atoms with Gasteiger partial charge in [0.25, 0.3) is 11.8 Å². The van der Waals surface area contributed by atoms with Crippen molar-refractivity contribution in [3.05, 3.63) is 47.7 Å². The summed E-state index contributed by atoms with van der Waals surface area (Å²) in [6.07, 6.45) is 9.31. The molecule has 9 nitrogen and oxygen atoms in total. The van der Waals surface area contributed by atoms with Crippen LogP contribution in [0.15, 0.2) is 47.1 Å². The quantitative estimate of drug-likeness (QED) is 0.207. The number of hydrogen-bond donors (Lipinski definition) is 2. The Morgan fingerprint density at radius 3 is 3.07 bits per heavy atom. The molecule has 0 aromatic carbocycles. The van der Waals surface area contributed by atoms with Crippen molar-refractivity contribution >= 4 is 52.2 Å². The Morgan fingerprint density at radius 2 is 2.33 bits per heavy atom. The number of allylic oxidation sites excluding steroid dienone is 2. The highest BCUT2D eigenvalue weighted by atomic mass is 32.2. The van der Waals surface area contributed by atoms with Gasteiger partial charge >= 0.3 is 0 Å². The first-order valence-corrected chi connectivity index (χ1v) is 11.2. The fourth-order valence-electron chi connectivity index (χ4n) is 3.17. The molecule has 4 rings (SSSR count). The number of thiazole rings is 1. The summed E-state index contributed by atoms with van der Waals surface area (Å²) in [7, 11) is 0. The van der Waals surface area contributed by atoms with Crippen LogP contribution in [0.2, 0.25) is 0 Å². The van der Waals surface area contributed by atoms with Gasteiger partial charge in [-0.05, 0) is 24.5 Å². The Hall–Kier alpha value is -2.92. The molecule has 0 bridgehead atoms. The monoisotopic (exact) mass is 445 g/mol. The Kier molecular flexibility index (Phi) is 6.00. The highest BCUT2D eigenvalue weighted by Crippen LogP contribution is 2.36. The lowest BCUT2D eigenvalue weighted by atomic mass is 10.1. The number of hydrogen-bond acceptors (Lipinski definition) is 8. The number of thioether (sulfide) groups is 1.